The Labute approximate surface area is 183 Å². The Morgan fingerprint density at radius 3 is 1.87 bits per heavy atom. The first-order valence-electron chi connectivity index (χ1n) is 10.7. The van der Waals surface area contributed by atoms with Crippen LogP contribution in [0, 0.1) is 6.92 Å². The number of aliphatic hydroxyl groups is 1. The van der Waals surface area contributed by atoms with E-state index in [0.29, 0.717) is 12.5 Å². The van der Waals surface area contributed by atoms with Crippen LogP contribution in [-0.4, -0.2) is 28.8 Å². The van der Waals surface area contributed by atoms with E-state index in [-0.39, 0.29) is 5.54 Å². The zero-order chi connectivity index (χ0) is 21.7. The maximum absolute atomic E-state index is 11.8. The molecule has 0 spiro atoms. The van der Waals surface area contributed by atoms with Crippen LogP contribution in [0.1, 0.15) is 42.2 Å². The minimum Gasteiger partial charge on any atom is -0.476 e. The van der Waals surface area contributed by atoms with E-state index in [4.69, 9.17) is 14.5 Å². The average molecular weight is 414 g/mol. The lowest BCUT2D eigenvalue weighted by Gasteiger charge is -2.25. The maximum atomic E-state index is 11.8. The van der Waals surface area contributed by atoms with Gasteiger partial charge in [0.2, 0.25) is 11.5 Å². The van der Waals surface area contributed by atoms with Gasteiger partial charge in [-0.3, -0.25) is 0 Å². The van der Waals surface area contributed by atoms with Crippen LogP contribution in [0.15, 0.2) is 89.9 Å². The monoisotopic (exact) mass is 413 g/mol. The largest absolute Gasteiger partial charge is 0.476 e. The van der Waals surface area contributed by atoms with Gasteiger partial charge in [-0.2, -0.15) is 0 Å². The molecule has 4 heteroatoms. The van der Waals surface area contributed by atoms with Gasteiger partial charge in [0.15, 0.2) is 5.60 Å². The summed E-state index contributed by atoms with van der Waals surface area (Å²) in [7, 11) is 0. The predicted molar refractivity (Wildman–Crippen MR) is 121 cm³/mol. The smallest absolute Gasteiger partial charge is 0.224 e. The number of aryl methyl sites for hydroxylation is 1. The number of rotatable bonds is 5. The predicted octanol–water partition coefficient (Wildman–Crippen LogP) is 4.95. The molecule has 3 aromatic carbocycles. The van der Waals surface area contributed by atoms with E-state index in [1.165, 1.54) is 0 Å². The SMILES string of the molecule is Cc1ccc([C@H](O)[C@@]2(C3=NC(C)(C)CO3)OC2(c2ccccc2)c2ccccc2)cc1. The van der Waals surface area contributed by atoms with Gasteiger partial charge < -0.3 is 14.6 Å². The van der Waals surface area contributed by atoms with E-state index in [1.807, 2.05) is 106 Å². The van der Waals surface area contributed by atoms with Crippen molar-refractivity contribution in [1.82, 2.24) is 0 Å². The first kappa shape index (κ1) is 20.0. The molecule has 158 valence electrons. The van der Waals surface area contributed by atoms with Gasteiger partial charge in [0.05, 0.1) is 5.54 Å². The molecule has 31 heavy (non-hydrogen) atoms. The topological polar surface area (TPSA) is 54.4 Å². The van der Waals surface area contributed by atoms with Crippen LogP contribution >= 0.6 is 0 Å². The molecule has 0 saturated carbocycles. The third-order valence-corrected chi connectivity index (χ3v) is 6.22. The average Bonchev–Trinajstić information content (AvgIpc) is 3.38. The van der Waals surface area contributed by atoms with Crippen LogP contribution in [0.5, 0.6) is 0 Å². The second-order valence-corrected chi connectivity index (χ2v) is 9.08. The number of hydrogen-bond acceptors (Lipinski definition) is 4. The van der Waals surface area contributed by atoms with Crippen LogP contribution in [0.4, 0.5) is 0 Å². The first-order valence-corrected chi connectivity index (χ1v) is 10.7. The van der Waals surface area contributed by atoms with E-state index in [9.17, 15) is 5.11 Å². The second kappa shape index (κ2) is 7.04. The van der Waals surface area contributed by atoms with E-state index >= 15 is 0 Å². The zero-order valence-electron chi connectivity index (χ0n) is 18.1. The number of aliphatic hydroxyl groups excluding tert-OH is 1. The van der Waals surface area contributed by atoms with Crippen molar-refractivity contribution in [2.75, 3.05) is 6.61 Å². The van der Waals surface area contributed by atoms with Gasteiger partial charge in [0.1, 0.15) is 12.7 Å². The number of aliphatic imine (C=N–C) groups is 1. The Bertz CT molecular complexity index is 1070. The van der Waals surface area contributed by atoms with Crippen molar-refractivity contribution in [3.05, 3.63) is 107 Å². The summed E-state index contributed by atoms with van der Waals surface area (Å²) in [6.07, 6.45) is -0.957. The van der Waals surface area contributed by atoms with Crippen LogP contribution in [0.3, 0.4) is 0 Å². The molecule has 0 radical (unpaired) electrons. The van der Waals surface area contributed by atoms with E-state index in [1.54, 1.807) is 0 Å². The zero-order valence-corrected chi connectivity index (χ0v) is 18.1. The van der Waals surface area contributed by atoms with Crippen molar-refractivity contribution in [2.24, 2.45) is 4.99 Å². The van der Waals surface area contributed by atoms with Gasteiger partial charge in [-0.15, -0.1) is 0 Å². The normalized spacial score (nSPS) is 24.2. The molecular weight excluding hydrogens is 386 g/mol. The Morgan fingerprint density at radius 1 is 0.839 bits per heavy atom. The molecule has 2 aliphatic heterocycles. The molecule has 2 aliphatic rings. The van der Waals surface area contributed by atoms with Crippen molar-refractivity contribution in [1.29, 1.82) is 0 Å². The summed E-state index contributed by atoms with van der Waals surface area (Å²) in [5.74, 6) is 0.457. The lowest BCUT2D eigenvalue weighted by atomic mass is 9.76. The Morgan fingerprint density at radius 2 is 1.39 bits per heavy atom. The van der Waals surface area contributed by atoms with Crippen molar-refractivity contribution in [3.63, 3.8) is 0 Å². The summed E-state index contributed by atoms with van der Waals surface area (Å²) in [5.41, 5.74) is 1.40. The number of ether oxygens (including phenoxy) is 2. The summed E-state index contributed by atoms with van der Waals surface area (Å²) >= 11 is 0. The van der Waals surface area contributed by atoms with E-state index < -0.39 is 17.3 Å². The molecule has 0 bridgehead atoms. The molecule has 0 amide bonds. The second-order valence-electron chi connectivity index (χ2n) is 9.08. The van der Waals surface area contributed by atoms with Gasteiger partial charge >= 0.3 is 0 Å². The standard InChI is InChI=1S/C27H27NO3/c1-19-14-16-20(17-15-19)23(29)27(24-28-25(2,3)18-30-24)26(31-27,21-10-6-4-7-11-21)22-12-8-5-9-13-22/h4-17,23,29H,18H2,1-3H3/t23-,27-/m0/s1. The Hall–Kier alpha value is -2.95. The molecule has 4 nitrogen and oxygen atoms in total. The minimum atomic E-state index is -1.15. The third-order valence-electron chi connectivity index (χ3n) is 6.22. The van der Waals surface area contributed by atoms with E-state index in [0.717, 1.165) is 22.3 Å². The maximum Gasteiger partial charge on any atom is 0.224 e. The molecule has 1 fully saturated rings. The Kier molecular flexibility index (Phi) is 4.54. The quantitative estimate of drug-likeness (QED) is 0.602. The van der Waals surface area contributed by atoms with Crippen LogP contribution in [0.25, 0.3) is 0 Å². The summed E-state index contributed by atoms with van der Waals surface area (Å²) in [6.45, 7) is 6.54. The molecule has 3 aromatic rings. The number of epoxide rings is 1. The highest BCUT2D eigenvalue weighted by atomic mass is 16.7. The Balaban J connectivity index is 1.74. The molecule has 5 rings (SSSR count). The number of benzene rings is 3. The first-order chi connectivity index (χ1) is 14.9. The fourth-order valence-corrected chi connectivity index (χ4v) is 4.59. The summed E-state index contributed by atoms with van der Waals surface area (Å²) in [5, 5.41) is 11.8. The fraction of sp³-hybridized carbons (Fsp3) is 0.296. The van der Waals surface area contributed by atoms with E-state index in [2.05, 4.69) is 0 Å². The molecule has 2 atom stereocenters. The van der Waals surface area contributed by atoms with Crippen LogP contribution < -0.4 is 0 Å². The molecular formula is C27H27NO3. The van der Waals surface area contributed by atoms with Crippen molar-refractivity contribution < 1.29 is 14.6 Å². The molecule has 0 aliphatic carbocycles. The van der Waals surface area contributed by atoms with Crippen LogP contribution in [0.2, 0.25) is 0 Å². The van der Waals surface area contributed by atoms with Crippen LogP contribution in [-0.2, 0) is 15.1 Å². The van der Waals surface area contributed by atoms with Gasteiger partial charge in [-0.1, -0.05) is 90.5 Å². The highest BCUT2D eigenvalue weighted by Gasteiger charge is 2.80. The molecule has 0 unspecified atom stereocenters. The minimum absolute atomic E-state index is 0.375. The molecule has 1 saturated heterocycles. The van der Waals surface area contributed by atoms with Gasteiger partial charge in [0, 0.05) is 0 Å². The summed E-state index contributed by atoms with van der Waals surface area (Å²) in [6, 6.07) is 28.0. The summed E-state index contributed by atoms with van der Waals surface area (Å²) in [4.78, 5) is 4.87. The summed E-state index contributed by atoms with van der Waals surface area (Å²) < 4.78 is 12.8. The molecule has 0 aromatic heterocycles. The van der Waals surface area contributed by atoms with Crippen molar-refractivity contribution >= 4 is 5.90 Å². The van der Waals surface area contributed by atoms with Crippen molar-refractivity contribution in [2.45, 2.75) is 43.6 Å². The number of hydrogen-bond donors (Lipinski definition) is 1. The number of nitrogens with zero attached hydrogens (tertiary/aromatic N) is 1. The van der Waals surface area contributed by atoms with Crippen molar-refractivity contribution in [3.8, 4) is 0 Å². The third kappa shape index (κ3) is 3.01. The van der Waals surface area contributed by atoms with Gasteiger partial charge in [-0.25, -0.2) is 4.99 Å². The highest BCUT2D eigenvalue weighted by Crippen LogP contribution is 2.66. The molecule has 1 N–H and O–H groups in total. The lowest BCUT2D eigenvalue weighted by molar-refractivity contribution is 0.0958. The molecule has 2 heterocycles. The lowest BCUT2D eigenvalue weighted by Crippen LogP contribution is -2.40. The van der Waals surface area contributed by atoms with Gasteiger partial charge in [0.25, 0.3) is 0 Å². The fourth-order valence-electron chi connectivity index (χ4n) is 4.59. The van der Waals surface area contributed by atoms with Gasteiger partial charge in [-0.05, 0) is 37.5 Å². The highest BCUT2D eigenvalue weighted by molar-refractivity contribution is 5.94.